The molecule has 1 amide bonds. The molecule has 0 bridgehead atoms. The fraction of sp³-hybridized carbons (Fsp3) is 0.188. The molecule has 0 spiro atoms. The summed E-state index contributed by atoms with van der Waals surface area (Å²) in [5, 5.41) is 3.16. The number of hydrogen-bond acceptors (Lipinski definition) is 2. The number of nitrogens with one attached hydrogen (secondary N) is 1. The number of amides is 1. The standard InChI is InChI=1S/C16H14Cl2FNO2/c1-16(2,22-12-6-3-10(17)4-7-12)15(21)20-11-5-8-14(19)13(18)9-11/h3-9H,1-2H3,(H,20,21). The summed E-state index contributed by atoms with van der Waals surface area (Å²) in [6.07, 6.45) is 0. The van der Waals surface area contributed by atoms with Crippen molar-refractivity contribution in [2.24, 2.45) is 0 Å². The van der Waals surface area contributed by atoms with Crippen molar-refractivity contribution in [1.29, 1.82) is 0 Å². The van der Waals surface area contributed by atoms with Crippen LogP contribution >= 0.6 is 23.2 Å². The van der Waals surface area contributed by atoms with Crippen LogP contribution < -0.4 is 10.1 Å². The molecule has 0 aliphatic rings. The van der Waals surface area contributed by atoms with Gasteiger partial charge in [-0.1, -0.05) is 23.2 Å². The SMILES string of the molecule is CC(C)(Oc1ccc(Cl)cc1)C(=O)Nc1ccc(F)c(Cl)c1. The Morgan fingerprint density at radius 3 is 2.36 bits per heavy atom. The van der Waals surface area contributed by atoms with E-state index in [1.165, 1.54) is 18.2 Å². The van der Waals surface area contributed by atoms with Crippen molar-refractivity contribution in [1.82, 2.24) is 0 Å². The van der Waals surface area contributed by atoms with Crippen LogP contribution in [0.5, 0.6) is 5.75 Å². The molecule has 0 fully saturated rings. The van der Waals surface area contributed by atoms with Gasteiger partial charge in [-0.25, -0.2) is 4.39 Å². The Morgan fingerprint density at radius 1 is 1.14 bits per heavy atom. The molecule has 0 aliphatic heterocycles. The fourth-order valence-electron chi connectivity index (χ4n) is 1.70. The van der Waals surface area contributed by atoms with Gasteiger partial charge in [0.25, 0.3) is 5.91 Å². The third-order valence-corrected chi connectivity index (χ3v) is 3.45. The lowest BCUT2D eigenvalue weighted by atomic mass is 10.1. The summed E-state index contributed by atoms with van der Waals surface area (Å²) in [4.78, 5) is 12.3. The van der Waals surface area contributed by atoms with E-state index in [0.29, 0.717) is 16.5 Å². The number of carbonyl (C=O) groups excluding carboxylic acids is 1. The number of halogens is 3. The molecule has 0 aromatic heterocycles. The quantitative estimate of drug-likeness (QED) is 0.856. The molecule has 22 heavy (non-hydrogen) atoms. The Hall–Kier alpha value is -1.78. The average molecular weight is 342 g/mol. The van der Waals surface area contributed by atoms with Crippen LogP contribution in [0.15, 0.2) is 42.5 Å². The zero-order valence-corrected chi connectivity index (χ0v) is 13.5. The van der Waals surface area contributed by atoms with Gasteiger partial charge >= 0.3 is 0 Å². The predicted octanol–water partition coefficient (Wildman–Crippen LogP) is 4.93. The van der Waals surface area contributed by atoms with Crippen molar-refractivity contribution in [3.8, 4) is 5.75 Å². The molecular formula is C16H14Cl2FNO2. The molecule has 116 valence electrons. The van der Waals surface area contributed by atoms with Gasteiger partial charge in [-0.3, -0.25) is 4.79 Å². The third-order valence-electron chi connectivity index (χ3n) is 2.91. The van der Waals surface area contributed by atoms with E-state index in [9.17, 15) is 9.18 Å². The molecule has 1 N–H and O–H groups in total. The number of carbonyl (C=O) groups is 1. The van der Waals surface area contributed by atoms with Crippen molar-refractivity contribution in [3.05, 3.63) is 58.3 Å². The van der Waals surface area contributed by atoms with E-state index in [0.717, 1.165) is 0 Å². The summed E-state index contributed by atoms with van der Waals surface area (Å²) in [5.41, 5.74) is -0.738. The maximum atomic E-state index is 13.1. The van der Waals surface area contributed by atoms with Crippen molar-refractivity contribution < 1.29 is 13.9 Å². The lowest BCUT2D eigenvalue weighted by Gasteiger charge is -2.25. The minimum atomic E-state index is -1.13. The second kappa shape index (κ2) is 6.55. The summed E-state index contributed by atoms with van der Waals surface area (Å²) in [6, 6.07) is 10.6. The predicted molar refractivity (Wildman–Crippen MR) is 86.2 cm³/mol. The van der Waals surface area contributed by atoms with Gasteiger partial charge in [0, 0.05) is 10.7 Å². The Labute approximate surface area is 138 Å². The molecular weight excluding hydrogens is 328 g/mol. The summed E-state index contributed by atoms with van der Waals surface area (Å²) in [6.45, 7) is 3.25. The first-order valence-electron chi connectivity index (χ1n) is 6.49. The van der Waals surface area contributed by atoms with Crippen LogP contribution in [-0.2, 0) is 4.79 Å². The molecule has 0 aliphatic carbocycles. The third kappa shape index (κ3) is 4.12. The van der Waals surface area contributed by atoms with E-state index in [4.69, 9.17) is 27.9 Å². The molecule has 3 nitrogen and oxygen atoms in total. The molecule has 2 aromatic carbocycles. The van der Waals surface area contributed by atoms with Gasteiger partial charge in [-0.05, 0) is 56.3 Å². The van der Waals surface area contributed by atoms with E-state index in [1.54, 1.807) is 38.1 Å². The van der Waals surface area contributed by atoms with Gasteiger partial charge in [0.1, 0.15) is 11.6 Å². The van der Waals surface area contributed by atoms with Gasteiger partial charge in [-0.2, -0.15) is 0 Å². The lowest BCUT2D eigenvalue weighted by Crippen LogP contribution is -2.42. The Kier molecular flexibility index (Phi) is 4.94. The largest absolute Gasteiger partial charge is 0.478 e. The van der Waals surface area contributed by atoms with Crippen LogP contribution in [0.3, 0.4) is 0 Å². The van der Waals surface area contributed by atoms with Crippen molar-refractivity contribution >= 4 is 34.8 Å². The molecule has 6 heteroatoms. The maximum Gasteiger partial charge on any atom is 0.267 e. The van der Waals surface area contributed by atoms with Crippen molar-refractivity contribution in [2.75, 3.05) is 5.32 Å². The number of ether oxygens (including phenoxy) is 1. The summed E-state index contributed by atoms with van der Waals surface area (Å²) < 4.78 is 18.8. The first-order chi connectivity index (χ1) is 10.3. The molecule has 0 heterocycles. The van der Waals surface area contributed by atoms with Crippen LogP contribution in [0, 0.1) is 5.82 Å². The monoisotopic (exact) mass is 341 g/mol. The van der Waals surface area contributed by atoms with Gasteiger partial charge in [0.15, 0.2) is 5.60 Å². The Bertz CT molecular complexity index is 687. The lowest BCUT2D eigenvalue weighted by molar-refractivity contribution is -0.128. The second-order valence-corrected chi connectivity index (χ2v) is 5.99. The first kappa shape index (κ1) is 16.6. The van der Waals surface area contributed by atoms with Gasteiger partial charge in [0.2, 0.25) is 0 Å². The maximum absolute atomic E-state index is 13.1. The van der Waals surface area contributed by atoms with Crippen molar-refractivity contribution in [2.45, 2.75) is 19.4 Å². The summed E-state index contributed by atoms with van der Waals surface area (Å²) in [5.74, 6) is -0.414. The van der Waals surface area contributed by atoms with E-state index in [1.807, 2.05) is 0 Å². The highest BCUT2D eigenvalue weighted by Crippen LogP contribution is 2.24. The topological polar surface area (TPSA) is 38.3 Å². The van der Waals surface area contributed by atoms with E-state index >= 15 is 0 Å². The zero-order chi connectivity index (χ0) is 16.3. The second-order valence-electron chi connectivity index (χ2n) is 5.15. The minimum absolute atomic E-state index is 0.0609. The fourth-order valence-corrected chi connectivity index (χ4v) is 2.01. The first-order valence-corrected chi connectivity index (χ1v) is 7.24. The van der Waals surface area contributed by atoms with Crippen molar-refractivity contribution in [3.63, 3.8) is 0 Å². The van der Waals surface area contributed by atoms with Crippen LogP contribution in [0.4, 0.5) is 10.1 Å². The molecule has 0 atom stereocenters. The van der Waals surface area contributed by atoms with E-state index < -0.39 is 11.4 Å². The van der Waals surface area contributed by atoms with Gasteiger partial charge in [-0.15, -0.1) is 0 Å². The summed E-state index contributed by atoms with van der Waals surface area (Å²) in [7, 11) is 0. The average Bonchev–Trinajstić information content (AvgIpc) is 2.45. The molecule has 0 radical (unpaired) electrons. The molecule has 0 saturated heterocycles. The Balaban J connectivity index is 2.09. The van der Waals surface area contributed by atoms with E-state index in [-0.39, 0.29) is 10.9 Å². The highest BCUT2D eigenvalue weighted by atomic mass is 35.5. The molecule has 0 unspecified atom stereocenters. The number of rotatable bonds is 4. The highest BCUT2D eigenvalue weighted by Gasteiger charge is 2.30. The van der Waals surface area contributed by atoms with Gasteiger partial charge in [0.05, 0.1) is 5.02 Å². The number of hydrogen-bond donors (Lipinski definition) is 1. The van der Waals surface area contributed by atoms with Crippen LogP contribution in [0.25, 0.3) is 0 Å². The molecule has 0 saturated carbocycles. The van der Waals surface area contributed by atoms with Crippen LogP contribution in [0.1, 0.15) is 13.8 Å². The summed E-state index contributed by atoms with van der Waals surface area (Å²) >= 11 is 11.5. The van der Waals surface area contributed by atoms with E-state index in [2.05, 4.69) is 5.32 Å². The highest BCUT2D eigenvalue weighted by molar-refractivity contribution is 6.31. The number of benzene rings is 2. The van der Waals surface area contributed by atoms with Gasteiger partial charge < -0.3 is 10.1 Å². The minimum Gasteiger partial charge on any atom is -0.478 e. The molecule has 2 aromatic rings. The number of anilines is 1. The smallest absolute Gasteiger partial charge is 0.267 e. The normalized spacial score (nSPS) is 11.1. The molecule has 2 rings (SSSR count). The van der Waals surface area contributed by atoms with Crippen LogP contribution in [0.2, 0.25) is 10.0 Å². The Morgan fingerprint density at radius 2 is 1.77 bits per heavy atom. The van der Waals surface area contributed by atoms with Crippen LogP contribution in [-0.4, -0.2) is 11.5 Å². The zero-order valence-electron chi connectivity index (χ0n) is 12.0.